The number of aliphatic imine (C=N–C) groups is 1. The highest BCUT2D eigenvalue weighted by atomic mass is 16.3. The summed E-state index contributed by atoms with van der Waals surface area (Å²) in [6, 6.07) is 0. The Labute approximate surface area is 89.9 Å². The Morgan fingerprint density at radius 1 is 1.40 bits per heavy atom. The highest BCUT2D eigenvalue weighted by Crippen LogP contribution is 2.30. The number of guanidine groups is 1. The van der Waals surface area contributed by atoms with Crippen LogP contribution in [0.5, 0.6) is 0 Å². The fourth-order valence-corrected chi connectivity index (χ4v) is 1.76. The second-order valence-electron chi connectivity index (χ2n) is 4.01. The molecule has 0 aliphatic carbocycles. The van der Waals surface area contributed by atoms with Crippen molar-refractivity contribution in [2.24, 2.45) is 10.4 Å². The summed E-state index contributed by atoms with van der Waals surface area (Å²) in [5.74, 6) is 0.266. The molecule has 1 aliphatic rings. The number of nitrogens with one attached hydrogen (secondary N) is 1. The Bertz CT molecular complexity index is 239. The monoisotopic (exact) mass is 213 g/mol. The zero-order chi connectivity index (χ0) is 11.3. The van der Waals surface area contributed by atoms with Gasteiger partial charge in [0.05, 0.1) is 13.2 Å². The molecule has 1 saturated heterocycles. The third-order valence-electron chi connectivity index (χ3n) is 3.05. The van der Waals surface area contributed by atoms with Crippen LogP contribution in [-0.4, -0.2) is 53.6 Å². The zero-order valence-corrected chi connectivity index (χ0v) is 9.11. The molecule has 0 unspecified atom stereocenters. The Balaban J connectivity index is 2.51. The average Bonchev–Trinajstić information content (AvgIpc) is 2.29. The van der Waals surface area contributed by atoms with Crippen molar-refractivity contribution >= 4 is 12.2 Å². The SMILES string of the molecule is C/C=N\C(=N)N1CCC(CO)(CO)CC1. The van der Waals surface area contributed by atoms with Crippen molar-refractivity contribution < 1.29 is 10.2 Å². The van der Waals surface area contributed by atoms with Gasteiger partial charge < -0.3 is 15.1 Å². The van der Waals surface area contributed by atoms with E-state index in [2.05, 4.69) is 4.99 Å². The number of nitrogens with zero attached hydrogens (tertiary/aromatic N) is 2. The molecular weight excluding hydrogens is 194 g/mol. The van der Waals surface area contributed by atoms with Crippen LogP contribution in [0.2, 0.25) is 0 Å². The Hall–Kier alpha value is -0.940. The first-order chi connectivity index (χ1) is 7.17. The molecular formula is C10H19N3O2. The summed E-state index contributed by atoms with van der Waals surface area (Å²) in [4.78, 5) is 5.77. The minimum atomic E-state index is -0.354. The standard InChI is InChI=1S/C10H19N3O2/c1-2-12-9(11)13-5-3-10(7-14,8-15)4-6-13/h2,11,14-15H,3-8H2,1H3/b11-9?,12-2-. The highest BCUT2D eigenvalue weighted by Gasteiger charge is 2.33. The molecule has 0 aromatic rings. The summed E-state index contributed by atoms with van der Waals surface area (Å²) < 4.78 is 0. The summed E-state index contributed by atoms with van der Waals surface area (Å²) >= 11 is 0. The lowest BCUT2D eigenvalue weighted by Gasteiger charge is -2.39. The zero-order valence-electron chi connectivity index (χ0n) is 9.11. The molecule has 0 saturated carbocycles. The van der Waals surface area contributed by atoms with Gasteiger partial charge in [0.15, 0.2) is 0 Å². The van der Waals surface area contributed by atoms with Gasteiger partial charge in [-0.2, -0.15) is 0 Å². The Morgan fingerprint density at radius 3 is 2.33 bits per heavy atom. The van der Waals surface area contributed by atoms with Gasteiger partial charge in [-0.05, 0) is 19.8 Å². The number of hydrogen-bond acceptors (Lipinski definition) is 3. The lowest BCUT2D eigenvalue weighted by Crippen LogP contribution is -2.45. The van der Waals surface area contributed by atoms with Crippen LogP contribution in [0, 0.1) is 10.8 Å². The van der Waals surface area contributed by atoms with Crippen LogP contribution in [-0.2, 0) is 0 Å². The van der Waals surface area contributed by atoms with Crippen LogP contribution >= 0.6 is 0 Å². The van der Waals surface area contributed by atoms with E-state index in [1.165, 1.54) is 0 Å². The van der Waals surface area contributed by atoms with Crippen LogP contribution in [0.15, 0.2) is 4.99 Å². The first kappa shape index (κ1) is 12.1. The molecule has 0 atom stereocenters. The van der Waals surface area contributed by atoms with E-state index in [4.69, 9.17) is 5.41 Å². The lowest BCUT2D eigenvalue weighted by molar-refractivity contribution is 0.0120. The molecule has 0 radical (unpaired) electrons. The van der Waals surface area contributed by atoms with Crippen molar-refractivity contribution in [1.29, 1.82) is 5.41 Å². The van der Waals surface area contributed by atoms with Crippen LogP contribution in [0.1, 0.15) is 19.8 Å². The van der Waals surface area contributed by atoms with Crippen LogP contribution in [0.3, 0.4) is 0 Å². The van der Waals surface area contributed by atoms with Crippen LogP contribution in [0.25, 0.3) is 0 Å². The summed E-state index contributed by atoms with van der Waals surface area (Å²) in [6.45, 7) is 3.17. The van der Waals surface area contributed by atoms with Crippen molar-refractivity contribution in [2.45, 2.75) is 19.8 Å². The molecule has 0 spiro atoms. The van der Waals surface area contributed by atoms with Gasteiger partial charge in [-0.25, -0.2) is 4.99 Å². The number of piperidine rings is 1. The van der Waals surface area contributed by atoms with E-state index < -0.39 is 0 Å². The maximum absolute atomic E-state index is 9.21. The summed E-state index contributed by atoms with van der Waals surface area (Å²) in [6.07, 6.45) is 3.02. The van der Waals surface area contributed by atoms with E-state index in [0.717, 1.165) is 0 Å². The number of likely N-dealkylation sites (tertiary alicyclic amines) is 1. The van der Waals surface area contributed by atoms with Crippen molar-refractivity contribution in [2.75, 3.05) is 26.3 Å². The second-order valence-corrected chi connectivity index (χ2v) is 4.01. The first-order valence-electron chi connectivity index (χ1n) is 5.21. The molecule has 15 heavy (non-hydrogen) atoms. The molecule has 1 aliphatic heterocycles. The molecule has 5 nitrogen and oxygen atoms in total. The maximum Gasteiger partial charge on any atom is 0.217 e. The number of aliphatic hydroxyl groups is 2. The topological polar surface area (TPSA) is 79.9 Å². The van der Waals surface area contributed by atoms with E-state index in [0.29, 0.717) is 25.9 Å². The fraction of sp³-hybridized carbons (Fsp3) is 0.800. The van der Waals surface area contributed by atoms with Crippen molar-refractivity contribution in [1.82, 2.24) is 4.90 Å². The average molecular weight is 213 g/mol. The summed E-state index contributed by atoms with van der Waals surface area (Å²) in [5, 5.41) is 26.0. The van der Waals surface area contributed by atoms with Gasteiger partial charge >= 0.3 is 0 Å². The molecule has 0 amide bonds. The maximum atomic E-state index is 9.21. The highest BCUT2D eigenvalue weighted by molar-refractivity contribution is 5.84. The minimum Gasteiger partial charge on any atom is -0.396 e. The molecule has 3 N–H and O–H groups in total. The van der Waals surface area contributed by atoms with Gasteiger partial charge in [-0.1, -0.05) is 0 Å². The van der Waals surface area contributed by atoms with Crippen molar-refractivity contribution in [3.63, 3.8) is 0 Å². The normalized spacial score (nSPS) is 20.9. The van der Waals surface area contributed by atoms with E-state index >= 15 is 0 Å². The van der Waals surface area contributed by atoms with Gasteiger partial charge in [0.2, 0.25) is 5.96 Å². The smallest absolute Gasteiger partial charge is 0.217 e. The molecule has 0 aromatic heterocycles. The molecule has 0 bridgehead atoms. The Kier molecular flexibility index (Phi) is 4.23. The quantitative estimate of drug-likeness (QED) is 0.449. The summed E-state index contributed by atoms with van der Waals surface area (Å²) in [5.41, 5.74) is -0.354. The third kappa shape index (κ3) is 2.76. The molecule has 5 heteroatoms. The predicted octanol–water partition coefficient (Wildman–Crippen LogP) is 0.0787. The van der Waals surface area contributed by atoms with Crippen molar-refractivity contribution in [3.05, 3.63) is 0 Å². The number of aliphatic hydroxyl groups excluding tert-OH is 2. The van der Waals surface area contributed by atoms with Gasteiger partial charge in [0, 0.05) is 24.7 Å². The first-order valence-corrected chi connectivity index (χ1v) is 5.21. The van der Waals surface area contributed by atoms with Crippen LogP contribution < -0.4 is 0 Å². The predicted molar refractivity (Wildman–Crippen MR) is 59.3 cm³/mol. The van der Waals surface area contributed by atoms with Gasteiger partial charge in [-0.3, -0.25) is 5.41 Å². The third-order valence-corrected chi connectivity index (χ3v) is 3.05. The van der Waals surface area contributed by atoms with Gasteiger partial charge in [-0.15, -0.1) is 0 Å². The van der Waals surface area contributed by atoms with Gasteiger partial charge in [0.25, 0.3) is 0 Å². The minimum absolute atomic E-state index is 0.0156. The lowest BCUT2D eigenvalue weighted by atomic mass is 9.80. The van der Waals surface area contributed by atoms with E-state index in [1.54, 1.807) is 13.1 Å². The molecule has 86 valence electrons. The molecule has 1 heterocycles. The van der Waals surface area contributed by atoms with Crippen molar-refractivity contribution in [3.8, 4) is 0 Å². The number of rotatable bonds is 2. The number of hydrogen-bond donors (Lipinski definition) is 3. The van der Waals surface area contributed by atoms with E-state index in [-0.39, 0.29) is 24.6 Å². The largest absolute Gasteiger partial charge is 0.396 e. The van der Waals surface area contributed by atoms with Gasteiger partial charge in [0.1, 0.15) is 0 Å². The van der Waals surface area contributed by atoms with E-state index in [9.17, 15) is 10.2 Å². The molecule has 1 rings (SSSR count). The summed E-state index contributed by atoms with van der Waals surface area (Å²) in [7, 11) is 0. The van der Waals surface area contributed by atoms with Crippen LogP contribution in [0.4, 0.5) is 0 Å². The molecule has 1 fully saturated rings. The molecule has 0 aromatic carbocycles. The van der Waals surface area contributed by atoms with E-state index in [1.807, 2.05) is 4.90 Å². The Morgan fingerprint density at radius 2 is 1.93 bits per heavy atom. The fourth-order valence-electron chi connectivity index (χ4n) is 1.76. The second kappa shape index (κ2) is 5.23.